The predicted molar refractivity (Wildman–Crippen MR) is 83.1 cm³/mol. The second-order valence-corrected chi connectivity index (χ2v) is 5.78. The third-order valence-corrected chi connectivity index (χ3v) is 3.74. The zero-order chi connectivity index (χ0) is 15.8. The molecule has 4 nitrogen and oxygen atoms in total. The summed E-state index contributed by atoms with van der Waals surface area (Å²) >= 11 is 0. The molecule has 1 amide bonds. The molecule has 0 aliphatic carbocycles. The predicted octanol–water partition coefficient (Wildman–Crippen LogP) is 3.14. The summed E-state index contributed by atoms with van der Waals surface area (Å²) in [6, 6.07) is 10.1. The molecule has 116 valence electrons. The van der Waals surface area contributed by atoms with Gasteiger partial charge in [0, 0.05) is 26.4 Å². The van der Waals surface area contributed by atoms with E-state index < -0.39 is 5.97 Å². The van der Waals surface area contributed by atoms with Gasteiger partial charge in [-0.25, -0.2) is 0 Å². The normalized spacial score (nSPS) is 12.2. The standard InChI is InChI=1S/C17H25NO3/c1-13(2)15(14-8-5-4-6-9-14)12-16(19)18(3)11-7-10-17(20)21/h4-6,8-9,13,15H,7,10-12H2,1-3H3,(H,20,21). The van der Waals surface area contributed by atoms with Crippen LogP contribution in [0.3, 0.4) is 0 Å². The van der Waals surface area contributed by atoms with Crippen molar-refractivity contribution in [3.8, 4) is 0 Å². The highest BCUT2D eigenvalue weighted by Gasteiger charge is 2.21. The van der Waals surface area contributed by atoms with Crippen molar-refractivity contribution in [2.24, 2.45) is 5.92 Å². The highest BCUT2D eigenvalue weighted by atomic mass is 16.4. The van der Waals surface area contributed by atoms with Gasteiger partial charge < -0.3 is 10.0 Å². The van der Waals surface area contributed by atoms with Gasteiger partial charge in [-0.3, -0.25) is 9.59 Å². The van der Waals surface area contributed by atoms with Crippen molar-refractivity contribution in [2.45, 2.75) is 39.0 Å². The van der Waals surface area contributed by atoms with Crippen LogP contribution in [0.2, 0.25) is 0 Å². The number of nitrogens with zero attached hydrogens (tertiary/aromatic N) is 1. The number of carbonyl (C=O) groups is 2. The molecule has 1 atom stereocenters. The largest absolute Gasteiger partial charge is 0.481 e. The lowest BCUT2D eigenvalue weighted by atomic mass is 9.85. The molecule has 0 aliphatic rings. The quantitative estimate of drug-likeness (QED) is 0.800. The lowest BCUT2D eigenvalue weighted by Gasteiger charge is -2.24. The van der Waals surface area contributed by atoms with Gasteiger partial charge in [0.15, 0.2) is 0 Å². The molecule has 4 heteroatoms. The summed E-state index contributed by atoms with van der Waals surface area (Å²) in [5.41, 5.74) is 1.18. The summed E-state index contributed by atoms with van der Waals surface area (Å²) in [6.07, 6.45) is 1.06. The average Bonchev–Trinajstić information content (AvgIpc) is 2.44. The van der Waals surface area contributed by atoms with Crippen LogP contribution in [0.5, 0.6) is 0 Å². The van der Waals surface area contributed by atoms with Crippen LogP contribution in [-0.4, -0.2) is 35.5 Å². The first-order valence-electron chi connectivity index (χ1n) is 7.42. The third kappa shape index (κ3) is 5.98. The van der Waals surface area contributed by atoms with Crippen molar-refractivity contribution < 1.29 is 14.7 Å². The lowest BCUT2D eigenvalue weighted by molar-refractivity contribution is -0.138. The summed E-state index contributed by atoms with van der Waals surface area (Å²) in [5, 5.41) is 8.63. The van der Waals surface area contributed by atoms with E-state index in [-0.39, 0.29) is 18.2 Å². The van der Waals surface area contributed by atoms with Crippen molar-refractivity contribution in [2.75, 3.05) is 13.6 Å². The van der Waals surface area contributed by atoms with Crippen molar-refractivity contribution in [3.63, 3.8) is 0 Å². The van der Waals surface area contributed by atoms with E-state index in [0.29, 0.717) is 25.3 Å². The fraction of sp³-hybridized carbons (Fsp3) is 0.529. The van der Waals surface area contributed by atoms with Crippen LogP contribution in [-0.2, 0) is 9.59 Å². The SMILES string of the molecule is CC(C)C(CC(=O)N(C)CCCC(=O)O)c1ccccc1. The smallest absolute Gasteiger partial charge is 0.303 e. The second kappa shape index (κ2) is 8.45. The molecule has 0 saturated carbocycles. The van der Waals surface area contributed by atoms with Crippen LogP contribution < -0.4 is 0 Å². The fourth-order valence-corrected chi connectivity index (χ4v) is 2.37. The Morgan fingerprint density at radius 1 is 1.19 bits per heavy atom. The van der Waals surface area contributed by atoms with Crippen LogP contribution in [0.1, 0.15) is 44.6 Å². The van der Waals surface area contributed by atoms with Gasteiger partial charge in [0.1, 0.15) is 0 Å². The van der Waals surface area contributed by atoms with Crippen LogP contribution >= 0.6 is 0 Å². The number of hydrogen-bond acceptors (Lipinski definition) is 2. The van der Waals surface area contributed by atoms with Gasteiger partial charge in [-0.05, 0) is 23.8 Å². The number of carboxylic acids is 1. The van der Waals surface area contributed by atoms with E-state index >= 15 is 0 Å². The molecule has 1 N–H and O–H groups in total. The van der Waals surface area contributed by atoms with Crippen molar-refractivity contribution in [1.29, 1.82) is 0 Å². The Bertz CT molecular complexity index is 456. The van der Waals surface area contributed by atoms with Gasteiger partial charge >= 0.3 is 5.97 Å². The summed E-state index contributed by atoms with van der Waals surface area (Å²) in [7, 11) is 1.74. The molecule has 1 rings (SSSR count). The van der Waals surface area contributed by atoms with E-state index in [0.717, 1.165) is 0 Å². The molecule has 1 aromatic carbocycles. The lowest BCUT2D eigenvalue weighted by Crippen LogP contribution is -2.30. The summed E-state index contributed by atoms with van der Waals surface area (Å²) < 4.78 is 0. The highest BCUT2D eigenvalue weighted by molar-refractivity contribution is 5.77. The highest BCUT2D eigenvalue weighted by Crippen LogP contribution is 2.28. The Balaban J connectivity index is 2.59. The van der Waals surface area contributed by atoms with Crippen molar-refractivity contribution in [3.05, 3.63) is 35.9 Å². The molecule has 21 heavy (non-hydrogen) atoms. The number of amides is 1. The van der Waals surface area contributed by atoms with Gasteiger partial charge in [0.05, 0.1) is 0 Å². The maximum atomic E-state index is 12.3. The van der Waals surface area contributed by atoms with E-state index in [1.54, 1.807) is 11.9 Å². The molecular formula is C17H25NO3. The minimum Gasteiger partial charge on any atom is -0.481 e. The fourth-order valence-electron chi connectivity index (χ4n) is 2.37. The second-order valence-electron chi connectivity index (χ2n) is 5.78. The van der Waals surface area contributed by atoms with E-state index in [1.165, 1.54) is 5.56 Å². The summed E-state index contributed by atoms with van der Waals surface area (Å²) in [6.45, 7) is 4.73. The Morgan fingerprint density at radius 2 is 1.81 bits per heavy atom. The summed E-state index contributed by atoms with van der Waals surface area (Å²) in [4.78, 5) is 24.4. The number of benzene rings is 1. The molecule has 0 spiro atoms. The average molecular weight is 291 g/mol. The first-order chi connectivity index (χ1) is 9.91. The molecule has 0 aromatic heterocycles. The van der Waals surface area contributed by atoms with Gasteiger partial charge in [-0.15, -0.1) is 0 Å². The third-order valence-electron chi connectivity index (χ3n) is 3.74. The minimum absolute atomic E-state index is 0.0722. The molecular weight excluding hydrogens is 266 g/mol. The Hall–Kier alpha value is -1.84. The summed E-state index contributed by atoms with van der Waals surface area (Å²) in [5.74, 6) is -0.174. The molecule has 1 aromatic rings. The number of carbonyl (C=O) groups excluding carboxylic acids is 1. The zero-order valence-corrected chi connectivity index (χ0v) is 13.1. The Kier molecular flexibility index (Phi) is 6.92. The van der Waals surface area contributed by atoms with Crippen LogP contribution in [0.25, 0.3) is 0 Å². The first kappa shape index (κ1) is 17.2. The maximum Gasteiger partial charge on any atom is 0.303 e. The van der Waals surface area contributed by atoms with Gasteiger partial charge in [-0.1, -0.05) is 44.2 Å². The first-order valence-corrected chi connectivity index (χ1v) is 7.42. The van der Waals surface area contributed by atoms with E-state index in [4.69, 9.17) is 5.11 Å². The molecule has 0 saturated heterocycles. The minimum atomic E-state index is -0.819. The van der Waals surface area contributed by atoms with E-state index in [1.807, 2.05) is 18.2 Å². The van der Waals surface area contributed by atoms with Crippen LogP contribution in [0.4, 0.5) is 0 Å². The topological polar surface area (TPSA) is 57.6 Å². The maximum absolute atomic E-state index is 12.3. The molecule has 0 bridgehead atoms. The molecule has 1 unspecified atom stereocenters. The van der Waals surface area contributed by atoms with Gasteiger partial charge in [0.25, 0.3) is 0 Å². The van der Waals surface area contributed by atoms with Crippen molar-refractivity contribution in [1.82, 2.24) is 4.90 Å². The monoisotopic (exact) mass is 291 g/mol. The van der Waals surface area contributed by atoms with E-state index in [9.17, 15) is 9.59 Å². The zero-order valence-electron chi connectivity index (χ0n) is 13.1. The number of aliphatic carboxylic acids is 1. The van der Waals surface area contributed by atoms with Crippen LogP contribution in [0.15, 0.2) is 30.3 Å². The number of hydrogen-bond donors (Lipinski definition) is 1. The molecule has 0 heterocycles. The molecule has 0 aliphatic heterocycles. The number of rotatable bonds is 8. The van der Waals surface area contributed by atoms with Gasteiger partial charge in [0.2, 0.25) is 5.91 Å². The van der Waals surface area contributed by atoms with Crippen LogP contribution in [0, 0.1) is 5.92 Å². The van der Waals surface area contributed by atoms with E-state index in [2.05, 4.69) is 26.0 Å². The molecule has 0 fully saturated rings. The Morgan fingerprint density at radius 3 is 2.33 bits per heavy atom. The molecule has 0 radical (unpaired) electrons. The Labute approximate surface area is 126 Å². The number of carboxylic acid groups (broad SMARTS) is 1. The van der Waals surface area contributed by atoms with Crippen molar-refractivity contribution >= 4 is 11.9 Å². The van der Waals surface area contributed by atoms with Gasteiger partial charge in [-0.2, -0.15) is 0 Å².